The lowest BCUT2D eigenvalue weighted by Crippen LogP contribution is -2.46. The summed E-state index contributed by atoms with van der Waals surface area (Å²) < 4.78 is 10.5. The predicted molar refractivity (Wildman–Crippen MR) is 134 cm³/mol. The number of imide groups is 1. The fraction of sp³-hybridized carbons (Fsp3) is 0.286. The minimum atomic E-state index is -1.62. The van der Waals surface area contributed by atoms with Gasteiger partial charge in [0.15, 0.2) is 11.2 Å². The van der Waals surface area contributed by atoms with Crippen LogP contribution in [-0.4, -0.2) is 60.7 Å². The third-order valence-electron chi connectivity index (χ3n) is 7.03. The molecule has 0 bridgehead atoms. The monoisotopic (exact) mass is 501 g/mol. The summed E-state index contributed by atoms with van der Waals surface area (Å²) in [6.45, 7) is 0.685. The van der Waals surface area contributed by atoms with Crippen LogP contribution in [-0.2, 0) is 26.3 Å². The topological polar surface area (TPSA) is 100 Å². The molecular weight excluding hydrogens is 474 g/mol. The van der Waals surface area contributed by atoms with Crippen molar-refractivity contribution >= 4 is 29.3 Å². The fourth-order valence-electron chi connectivity index (χ4n) is 5.10. The molecule has 0 aliphatic carbocycles. The van der Waals surface area contributed by atoms with E-state index < -0.39 is 23.1 Å². The highest BCUT2D eigenvalue weighted by molar-refractivity contribution is 6.28. The summed E-state index contributed by atoms with van der Waals surface area (Å²) in [5.74, 6) is -0.921. The number of anilines is 1. The molecule has 37 heavy (non-hydrogen) atoms. The van der Waals surface area contributed by atoms with Crippen LogP contribution >= 0.6 is 0 Å². The normalized spacial score (nSPS) is 18.6. The average Bonchev–Trinajstić information content (AvgIpc) is 3.59. The zero-order chi connectivity index (χ0) is 26.2. The van der Waals surface area contributed by atoms with Crippen LogP contribution in [0, 0.1) is 0 Å². The van der Waals surface area contributed by atoms with Crippen molar-refractivity contribution in [3.05, 3.63) is 83.8 Å². The summed E-state index contributed by atoms with van der Waals surface area (Å²) in [5.41, 5.74) is 0.374. The Labute approximate surface area is 214 Å². The Bertz CT molecular complexity index is 1350. The van der Waals surface area contributed by atoms with E-state index in [0.717, 1.165) is 10.5 Å². The van der Waals surface area contributed by atoms with Crippen LogP contribution in [0.1, 0.15) is 34.5 Å². The van der Waals surface area contributed by atoms with Gasteiger partial charge in [0.1, 0.15) is 5.75 Å². The number of methoxy groups -OCH3 is 1. The van der Waals surface area contributed by atoms with Gasteiger partial charge in [-0.3, -0.25) is 24.1 Å². The molecule has 0 saturated carbocycles. The quantitative estimate of drug-likeness (QED) is 0.348. The van der Waals surface area contributed by atoms with Crippen molar-refractivity contribution in [2.75, 3.05) is 32.1 Å². The summed E-state index contributed by atoms with van der Waals surface area (Å²) in [6, 6.07) is 17.9. The Kier molecular flexibility index (Phi) is 6.29. The number of carbonyl (C=O) groups excluding carboxylic acids is 4. The Morgan fingerprint density at radius 1 is 1.03 bits per heavy atom. The average molecular weight is 502 g/mol. The van der Waals surface area contributed by atoms with E-state index in [-0.39, 0.29) is 31.2 Å². The molecule has 2 aliphatic heterocycles. The number of carbonyl (C=O) groups is 4. The number of furan rings is 1. The number of rotatable bonds is 8. The van der Waals surface area contributed by atoms with Crippen molar-refractivity contribution in [2.45, 2.75) is 24.8 Å². The van der Waals surface area contributed by atoms with Gasteiger partial charge in [-0.2, -0.15) is 0 Å². The summed E-state index contributed by atoms with van der Waals surface area (Å²) in [6.07, 6.45) is 1.55. The van der Waals surface area contributed by atoms with Crippen LogP contribution in [0.3, 0.4) is 0 Å². The number of likely N-dealkylation sites (tertiary alicyclic amines) is 1. The molecule has 1 unspecified atom stereocenters. The molecule has 0 N–H and O–H groups in total. The Hall–Kier alpha value is -4.40. The molecule has 1 aromatic heterocycles. The summed E-state index contributed by atoms with van der Waals surface area (Å²) in [5, 5.41) is 0. The first-order valence-corrected chi connectivity index (χ1v) is 12.0. The molecule has 2 aromatic carbocycles. The Morgan fingerprint density at radius 2 is 1.78 bits per heavy atom. The molecule has 4 amide bonds. The molecule has 9 nitrogen and oxygen atoms in total. The van der Waals surface area contributed by atoms with E-state index in [2.05, 4.69) is 0 Å². The minimum absolute atomic E-state index is 0.0977. The van der Waals surface area contributed by atoms with Gasteiger partial charge in [-0.05, 0) is 42.3 Å². The summed E-state index contributed by atoms with van der Waals surface area (Å²) >= 11 is 0. The highest BCUT2D eigenvalue weighted by Gasteiger charge is 2.63. The van der Waals surface area contributed by atoms with Crippen molar-refractivity contribution < 1.29 is 28.3 Å². The van der Waals surface area contributed by atoms with Crippen LogP contribution in [0.15, 0.2) is 71.3 Å². The molecule has 1 saturated heterocycles. The van der Waals surface area contributed by atoms with Crippen molar-refractivity contribution in [3.63, 3.8) is 0 Å². The molecule has 5 rings (SSSR count). The molecule has 3 aromatic rings. The molecule has 1 spiro atoms. The lowest BCUT2D eigenvalue weighted by molar-refractivity contribution is -0.141. The zero-order valence-corrected chi connectivity index (χ0v) is 20.7. The maximum absolute atomic E-state index is 13.9. The molecule has 190 valence electrons. The number of nitrogens with zero attached hydrogens (tertiary/aromatic N) is 3. The smallest absolute Gasteiger partial charge is 0.289 e. The van der Waals surface area contributed by atoms with Crippen molar-refractivity contribution in [1.82, 2.24) is 9.80 Å². The van der Waals surface area contributed by atoms with E-state index in [1.54, 1.807) is 42.3 Å². The lowest BCUT2D eigenvalue weighted by atomic mass is 9.80. The number of ether oxygens (including phenoxy) is 1. The third-order valence-corrected chi connectivity index (χ3v) is 7.03. The van der Waals surface area contributed by atoms with E-state index in [0.29, 0.717) is 30.0 Å². The second-order valence-corrected chi connectivity index (χ2v) is 9.25. The van der Waals surface area contributed by atoms with E-state index in [1.807, 2.05) is 30.3 Å². The second kappa shape index (κ2) is 9.57. The van der Waals surface area contributed by atoms with Gasteiger partial charge in [-0.1, -0.05) is 30.3 Å². The van der Waals surface area contributed by atoms with Crippen molar-refractivity contribution in [3.8, 4) is 5.75 Å². The van der Waals surface area contributed by atoms with E-state index in [1.165, 1.54) is 18.3 Å². The highest BCUT2D eigenvalue weighted by atomic mass is 16.5. The highest BCUT2D eigenvalue weighted by Crippen LogP contribution is 2.50. The molecular formula is C28H27N3O6. The molecule has 1 atom stereocenters. The van der Waals surface area contributed by atoms with Gasteiger partial charge in [0.2, 0.25) is 17.7 Å². The third kappa shape index (κ3) is 4.06. The second-order valence-electron chi connectivity index (χ2n) is 9.25. The van der Waals surface area contributed by atoms with Crippen molar-refractivity contribution in [1.29, 1.82) is 0 Å². The first-order valence-electron chi connectivity index (χ1n) is 12.0. The van der Waals surface area contributed by atoms with Gasteiger partial charge in [0, 0.05) is 31.4 Å². The number of amides is 4. The molecule has 0 radical (unpaired) electrons. The van der Waals surface area contributed by atoms with Gasteiger partial charge < -0.3 is 19.0 Å². The maximum Gasteiger partial charge on any atom is 0.289 e. The Balaban J connectivity index is 1.38. The van der Waals surface area contributed by atoms with E-state index in [4.69, 9.17) is 9.15 Å². The number of benzene rings is 2. The van der Waals surface area contributed by atoms with Crippen LogP contribution in [0.4, 0.5) is 5.69 Å². The standard InChI is InChI=1S/C28H27N3O6/c1-29(25(33)23-10-6-15-37-23)13-7-14-30-24(32)17-28(26(30)34)21-16-20(36-2)11-12-22(21)31(27(28)35)18-19-8-4-3-5-9-19/h3-6,8-12,15-16H,7,13-14,17-18H2,1-2H3. The number of fused-ring (bicyclic) bond motifs is 2. The van der Waals surface area contributed by atoms with E-state index >= 15 is 0 Å². The molecule has 2 aliphatic rings. The zero-order valence-electron chi connectivity index (χ0n) is 20.7. The van der Waals surface area contributed by atoms with Gasteiger partial charge in [-0.15, -0.1) is 0 Å². The lowest BCUT2D eigenvalue weighted by Gasteiger charge is -2.23. The number of hydrogen-bond acceptors (Lipinski definition) is 6. The van der Waals surface area contributed by atoms with Gasteiger partial charge in [0.05, 0.1) is 26.3 Å². The van der Waals surface area contributed by atoms with Gasteiger partial charge in [-0.25, -0.2) is 0 Å². The van der Waals surface area contributed by atoms with Crippen molar-refractivity contribution in [2.24, 2.45) is 0 Å². The summed E-state index contributed by atoms with van der Waals surface area (Å²) in [4.78, 5) is 57.5. The van der Waals surface area contributed by atoms with E-state index in [9.17, 15) is 19.2 Å². The van der Waals surface area contributed by atoms with Gasteiger partial charge in [0.25, 0.3) is 5.91 Å². The largest absolute Gasteiger partial charge is 0.497 e. The Morgan fingerprint density at radius 3 is 2.49 bits per heavy atom. The SMILES string of the molecule is COc1ccc2c(c1)C1(CC(=O)N(CCCN(C)C(=O)c3ccco3)C1=O)C(=O)N2Cc1ccccc1. The first-order chi connectivity index (χ1) is 17.9. The first kappa shape index (κ1) is 24.3. The van der Waals surface area contributed by atoms with Crippen LogP contribution < -0.4 is 9.64 Å². The fourth-order valence-corrected chi connectivity index (χ4v) is 5.10. The van der Waals surface area contributed by atoms with Gasteiger partial charge >= 0.3 is 0 Å². The van der Waals surface area contributed by atoms with Crippen LogP contribution in [0.25, 0.3) is 0 Å². The number of hydrogen-bond donors (Lipinski definition) is 0. The molecule has 3 heterocycles. The predicted octanol–water partition coefficient (Wildman–Crippen LogP) is 2.99. The van der Waals surface area contributed by atoms with Crippen LogP contribution in [0.5, 0.6) is 5.75 Å². The molecule has 9 heteroatoms. The molecule has 1 fully saturated rings. The van der Waals surface area contributed by atoms with Crippen LogP contribution in [0.2, 0.25) is 0 Å². The summed E-state index contributed by atoms with van der Waals surface area (Å²) in [7, 11) is 3.14. The minimum Gasteiger partial charge on any atom is -0.497 e. The maximum atomic E-state index is 13.9.